The van der Waals surface area contributed by atoms with Crippen LogP contribution in [0.1, 0.15) is 17.2 Å². The third-order valence-electron chi connectivity index (χ3n) is 4.88. The van der Waals surface area contributed by atoms with Gasteiger partial charge in [-0.25, -0.2) is 4.79 Å². The van der Waals surface area contributed by atoms with Gasteiger partial charge >= 0.3 is 6.03 Å². The van der Waals surface area contributed by atoms with Gasteiger partial charge in [0.15, 0.2) is 0 Å². The van der Waals surface area contributed by atoms with Gasteiger partial charge in [-0.15, -0.1) is 0 Å². The van der Waals surface area contributed by atoms with Gasteiger partial charge in [-0.2, -0.15) is 14.8 Å². The summed E-state index contributed by atoms with van der Waals surface area (Å²) in [4.78, 5) is 16.9. The molecule has 0 aliphatic heterocycles. The number of nitrogens with one attached hydrogen (secondary N) is 2. The number of carbonyl (C=O) groups is 1. The van der Waals surface area contributed by atoms with Gasteiger partial charge in [0.25, 0.3) is 0 Å². The molecule has 0 radical (unpaired) electrons. The maximum atomic E-state index is 12.8. The van der Waals surface area contributed by atoms with Crippen molar-refractivity contribution in [3.8, 4) is 16.8 Å². The Morgan fingerprint density at radius 2 is 1.43 bits per heavy atom. The molecule has 3 aromatic carbocycles. The number of amides is 2. The molecule has 136 valence electrons. The number of urea groups is 1. The molecule has 6 heteroatoms. The van der Waals surface area contributed by atoms with Crippen LogP contribution in [0.4, 0.5) is 10.7 Å². The molecule has 0 saturated carbocycles. The standard InChI is InChI=1S/C22H17N5O/c28-22(26-21-23-14-24-27(21)15-8-2-1-3-9-15)25-20-18-12-6-4-10-16(18)17-11-5-7-13-19(17)20/h1-14,20H,(H2,23,24,25,26,28). The monoisotopic (exact) mass is 367 g/mol. The first-order valence-corrected chi connectivity index (χ1v) is 9.02. The minimum atomic E-state index is -0.332. The molecule has 0 saturated heterocycles. The van der Waals surface area contributed by atoms with E-state index in [2.05, 4.69) is 32.8 Å². The molecular weight excluding hydrogens is 350 g/mol. The highest BCUT2D eigenvalue weighted by atomic mass is 16.2. The minimum Gasteiger partial charge on any atom is -0.327 e. The Kier molecular flexibility index (Phi) is 3.87. The second-order valence-electron chi connectivity index (χ2n) is 6.54. The fraction of sp³-hybridized carbons (Fsp3) is 0.0455. The number of fused-ring (bicyclic) bond motifs is 3. The Morgan fingerprint density at radius 1 is 0.821 bits per heavy atom. The normalized spacial score (nSPS) is 12.3. The molecule has 0 bridgehead atoms. The Morgan fingerprint density at radius 3 is 2.11 bits per heavy atom. The second kappa shape index (κ2) is 6.66. The lowest BCUT2D eigenvalue weighted by Gasteiger charge is -2.16. The van der Waals surface area contributed by atoms with Crippen LogP contribution in [0.25, 0.3) is 16.8 Å². The molecule has 1 heterocycles. The zero-order chi connectivity index (χ0) is 18.9. The third kappa shape index (κ3) is 2.72. The number of nitrogens with zero attached hydrogens (tertiary/aromatic N) is 3. The molecule has 6 nitrogen and oxygen atoms in total. The Bertz CT molecular complexity index is 1110. The number of hydrogen-bond acceptors (Lipinski definition) is 3. The maximum Gasteiger partial charge on any atom is 0.322 e. The summed E-state index contributed by atoms with van der Waals surface area (Å²) in [7, 11) is 0. The Balaban J connectivity index is 1.41. The summed E-state index contributed by atoms with van der Waals surface area (Å²) in [6.45, 7) is 0. The fourth-order valence-corrected chi connectivity index (χ4v) is 3.66. The zero-order valence-corrected chi connectivity index (χ0v) is 14.9. The summed E-state index contributed by atoms with van der Waals surface area (Å²) in [5.41, 5.74) is 5.30. The van der Waals surface area contributed by atoms with E-state index in [9.17, 15) is 4.79 Å². The van der Waals surface area contributed by atoms with Crippen LogP contribution in [-0.2, 0) is 0 Å². The molecule has 5 rings (SSSR count). The van der Waals surface area contributed by atoms with E-state index in [0.29, 0.717) is 5.95 Å². The molecule has 0 fully saturated rings. The highest BCUT2D eigenvalue weighted by molar-refractivity contribution is 5.90. The van der Waals surface area contributed by atoms with Crippen molar-refractivity contribution in [2.45, 2.75) is 6.04 Å². The van der Waals surface area contributed by atoms with Crippen LogP contribution in [0, 0.1) is 0 Å². The first-order chi connectivity index (χ1) is 13.8. The molecular formula is C22H17N5O. The van der Waals surface area contributed by atoms with Crippen LogP contribution in [0.2, 0.25) is 0 Å². The van der Waals surface area contributed by atoms with E-state index >= 15 is 0 Å². The quantitative estimate of drug-likeness (QED) is 0.571. The van der Waals surface area contributed by atoms with E-state index in [1.165, 1.54) is 6.33 Å². The molecule has 1 aliphatic rings. The van der Waals surface area contributed by atoms with Gasteiger partial charge in [0.2, 0.25) is 5.95 Å². The topological polar surface area (TPSA) is 71.8 Å². The first kappa shape index (κ1) is 16.3. The summed E-state index contributed by atoms with van der Waals surface area (Å²) < 4.78 is 1.59. The van der Waals surface area contributed by atoms with Crippen molar-refractivity contribution in [2.24, 2.45) is 0 Å². The van der Waals surface area contributed by atoms with E-state index < -0.39 is 0 Å². The van der Waals surface area contributed by atoms with Crippen LogP contribution in [-0.4, -0.2) is 20.8 Å². The van der Waals surface area contributed by atoms with Gasteiger partial charge in [0, 0.05) is 0 Å². The predicted octanol–water partition coefficient (Wildman–Crippen LogP) is 4.16. The van der Waals surface area contributed by atoms with Gasteiger partial charge in [-0.05, 0) is 34.4 Å². The Hall–Kier alpha value is -3.93. The summed E-state index contributed by atoms with van der Waals surface area (Å²) in [5.74, 6) is 0.364. The van der Waals surface area contributed by atoms with Crippen molar-refractivity contribution >= 4 is 12.0 Å². The smallest absolute Gasteiger partial charge is 0.322 e. The van der Waals surface area contributed by atoms with Gasteiger partial charge in [-0.3, -0.25) is 5.32 Å². The summed E-state index contributed by atoms with van der Waals surface area (Å²) >= 11 is 0. The van der Waals surface area contributed by atoms with E-state index in [0.717, 1.165) is 27.9 Å². The van der Waals surface area contributed by atoms with Crippen LogP contribution >= 0.6 is 0 Å². The average molecular weight is 367 g/mol. The molecule has 0 spiro atoms. The van der Waals surface area contributed by atoms with Crippen LogP contribution in [0.5, 0.6) is 0 Å². The molecule has 0 atom stereocenters. The number of hydrogen-bond donors (Lipinski definition) is 2. The maximum absolute atomic E-state index is 12.8. The van der Waals surface area contributed by atoms with Crippen molar-refractivity contribution in [1.29, 1.82) is 0 Å². The number of para-hydroxylation sites is 1. The highest BCUT2D eigenvalue weighted by Gasteiger charge is 2.29. The van der Waals surface area contributed by atoms with E-state index in [-0.39, 0.29) is 12.1 Å². The van der Waals surface area contributed by atoms with Crippen molar-refractivity contribution < 1.29 is 4.79 Å². The fourth-order valence-electron chi connectivity index (χ4n) is 3.66. The van der Waals surface area contributed by atoms with Crippen molar-refractivity contribution in [2.75, 3.05) is 5.32 Å². The van der Waals surface area contributed by atoms with Crippen molar-refractivity contribution in [3.05, 3.63) is 96.3 Å². The lowest BCUT2D eigenvalue weighted by Crippen LogP contribution is -2.33. The van der Waals surface area contributed by atoms with Crippen LogP contribution in [0.15, 0.2) is 85.2 Å². The number of aromatic nitrogens is 3. The second-order valence-corrected chi connectivity index (χ2v) is 6.54. The molecule has 2 amide bonds. The summed E-state index contributed by atoms with van der Waals surface area (Å²) in [6.07, 6.45) is 1.42. The molecule has 28 heavy (non-hydrogen) atoms. The number of rotatable bonds is 3. The van der Waals surface area contributed by atoms with E-state index in [4.69, 9.17) is 0 Å². The lowest BCUT2D eigenvalue weighted by atomic mass is 10.1. The minimum absolute atomic E-state index is 0.208. The molecule has 2 N–H and O–H groups in total. The van der Waals surface area contributed by atoms with Gasteiger partial charge in [0.1, 0.15) is 6.33 Å². The van der Waals surface area contributed by atoms with E-state index in [1.54, 1.807) is 4.68 Å². The first-order valence-electron chi connectivity index (χ1n) is 9.02. The largest absolute Gasteiger partial charge is 0.327 e. The van der Waals surface area contributed by atoms with Crippen molar-refractivity contribution in [1.82, 2.24) is 20.1 Å². The number of benzene rings is 3. The van der Waals surface area contributed by atoms with Gasteiger partial charge < -0.3 is 5.32 Å². The van der Waals surface area contributed by atoms with Crippen LogP contribution in [0.3, 0.4) is 0 Å². The van der Waals surface area contributed by atoms with E-state index in [1.807, 2.05) is 66.7 Å². The predicted molar refractivity (Wildman–Crippen MR) is 107 cm³/mol. The SMILES string of the molecule is O=C(Nc1ncnn1-c1ccccc1)NC1c2ccccc2-c2ccccc21. The van der Waals surface area contributed by atoms with Gasteiger partial charge in [-0.1, -0.05) is 66.7 Å². The van der Waals surface area contributed by atoms with Crippen molar-refractivity contribution in [3.63, 3.8) is 0 Å². The highest BCUT2D eigenvalue weighted by Crippen LogP contribution is 2.42. The zero-order valence-electron chi connectivity index (χ0n) is 14.9. The Labute approximate surface area is 161 Å². The molecule has 1 aliphatic carbocycles. The summed E-state index contributed by atoms with van der Waals surface area (Å²) in [6, 6.07) is 25.3. The molecule has 0 unspecified atom stereocenters. The van der Waals surface area contributed by atoms with Crippen LogP contribution < -0.4 is 10.6 Å². The third-order valence-corrected chi connectivity index (χ3v) is 4.88. The number of carbonyl (C=O) groups excluding carboxylic acids is 1. The van der Waals surface area contributed by atoms with Gasteiger partial charge in [0.05, 0.1) is 11.7 Å². The average Bonchev–Trinajstić information content (AvgIpc) is 3.32. The molecule has 1 aromatic heterocycles. The number of anilines is 1. The summed E-state index contributed by atoms with van der Waals surface area (Å²) in [5, 5.41) is 10.1. The molecule has 4 aromatic rings. The lowest BCUT2D eigenvalue weighted by molar-refractivity contribution is 0.250.